The topological polar surface area (TPSA) is 68.3 Å². The number of nitrogens with zero attached hydrogens (tertiary/aromatic N) is 1. The Kier molecular flexibility index (Phi) is 6.79. The van der Waals surface area contributed by atoms with Crippen LogP contribution in [0.15, 0.2) is 71.9 Å². The van der Waals surface area contributed by atoms with Gasteiger partial charge in [-0.25, -0.2) is 0 Å². The first kappa shape index (κ1) is 20.0. The predicted molar refractivity (Wildman–Crippen MR) is 111 cm³/mol. The minimum atomic E-state index is -1.22. The van der Waals surface area contributed by atoms with Gasteiger partial charge < -0.3 is 10.1 Å². The van der Waals surface area contributed by atoms with Crippen molar-refractivity contribution in [2.24, 2.45) is 0 Å². The number of carbonyl (C=O) groups is 1. The van der Waals surface area contributed by atoms with Crippen LogP contribution in [0.25, 0.3) is 0 Å². The van der Waals surface area contributed by atoms with Gasteiger partial charge in [-0.3, -0.25) is 14.0 Å². The number of ether oxygens (including phenoxy) is 1. The predicted octanol–water partition coefficient (Wildman–Crippen LogP) is 4.69. The Bertz CT molecular complexity index is 996. The van der Waals surface area contributed by atoms with Gasteiger partial charge in [0.2, 0.25) is 0 Å². The third-order valence-corrected chi connectivity index (χ3v) is 5.61. The van der Waals surface area contributed by atoms with Gasteiger partial charge in [0, 0.05) is 29.4 Å². The number of halogens is 1. The summed E-state index contributed by atoms with van der Waals surface area (Å²) in [4.78, 5) is 17.2. The Labute approximate surface area is 171 Å². The fourth-order valence-electron chi connectivity index (χ4n) is 2.55. The van der Waals surface area contributed by atoms with Crippen molar-refractivity contribution < 1.29 is 13.7 Å². The monoisotopic (exact) mass is 414 g/mol. The first-order valence-electron chi connectivity index (χ1n) is 8.68. The number of nitrogens with one attached hydrogen (secondary N) is 1. The lowest BCUT2D eigenvalue weighted by Gasteiger charge is -2.12. The van der Waals surface area contributed by atoms with Gasteiger partial charge in [0.05, 0.1) is 26.3 Å². The van der Waals surface area contributed by atoms with Crippen LogP contribution in [-0.4, -0.2) is 20.9 Å². The van der Waals surface area contributed by atoms with Crippen LogP contribution in [0.2, 0.25) is 5.02 Å². The number of anilines is 1. The van der Waals surface area contributed by atoms with E-state index in [1.807, 2.05) is 19.1 Å². The molecule has 1 atom stereocenters. The summed E-state index contributed by atoms with van der Waals surface area (Å²) in [6.07, 6.45) is 3.42. The van der Waals surface area contributed by atoms with E-state index in [0.717, 1.165) is 5.56 Å². The molecule has 1 heterocycles. The smallest absolute Gasteiger partial charge is 0.256 e. The molecular weight excluding hydrogens is 396 g/mol. The fourth-order valence-corrected chi connectivity index (χ4v) is 3.73. The number of hydrogen-bond donors (Lipinski definition) is 1. The Balaban J connectivity index is 1.71. The van der Waals surface area contributed by atoms with E-state index in [1.165, 1.54) is 0 Å². The lowest BCUT2D eigenvalue weighted by Crippen LogP contribution is -2.15. The second kappa shape index (κ2) is 9.48. The third kappa shape index (κ3) is 4.97. The molecule has 3 aromatic rings. The van der Waals surface area contributed by atoms with Crippen LogP contribution in [0, 0.1) is 0 Å². The van der Waals surface area contributed by atoms with E-state index in [4.69, 9.17) is 16.3 Å². The van der Waals surface area contributed by atoms with Crippen LogP contribution < -0.4 is 10.1 Å². The molecule has 0 aliphatic carbocycles. The van der Waals surface area contributed by atoms with Crippen molar-refractivity contribution in [1.82, 2.24) is 4.98 Å². The molecule has 0 aliphatic heterocycles. The molecule has 1 N–H and O–H groups in total. The van der Waals surface area contributed by atoms with Crippen LogP contribution in [-0.2, 0) is 17.4 Å². The molecule has 0 saturated carbocycles. The van der Waals surface area contributed by atoms with Crippen molar-refractivity contribution >= 4 is 34.0 Å². The number of aromatic nitrogens is 1. The van der Waals surface area contributed by atoms with Gasteiger partial charge in [-0.2, -0.15) is 0 Å². The first-order chi connectivity index (χ1) is 13.6. The van der Waals surface area contributed by atoms with Crippen molar-refractivity contribution in [3.05, 3.63) is 83.1 Å². The molecule has 7 heteroatoms. The zero-order chi connectivity index (χ0) is 19.9. The van der Waals surface area contributed by atoms with Crippen LogP contribution in [0.5, 0.6) is 5.75 Å². The van der Waals surface area contributed by atoms with Crippen molar-refractivity contribution in [3.63, 3.8) is 0 Å². The molecular formula is C21H19ClN2O3S. The number of benzene rings is 2. The Morgan fingerprint density at radius 3 is 2.71 bits per heavy atom. The van der Waals surface area contributed by atoms with E-state index in [1.54, 1.807) is 54.9 Å². The Morgan fingerprint density at radius 1 is 1.18 bits per heavy atom. The van der Waals surface area contributed by atoms with Crippen LogP contribution in [0.1, 0.15) is 22.8 Å². The van der Waals surface area contributed by atoms with Gasteiger partial charge in [-0.1, -0.05) is 36.7 Å². The summed E-state index contributed by atoms with van der Waals surface area (Å²) in [5.41, 5.74) is 1.84. The average molecular weight is 415 g/mol. The summed E-state index contributed by atoms with van der Waals surface area (Å²) in [6.45, 7) is 2.16. The maximum Gasteiger partial charge on any atom is 0.256 e. The molecule has 5 nitrogen and oxygen atoms in total. The highest BCUT2D eigenvalue weighted by atomic mass is 35.5. The molecule has 1 unspecified atom stereocenters. The molecule has 3 rings (SSSR count). The third-order valence-electron chi connectivity index (χ3n) is 3.95. The largest absolute Gasteiger partial charge is 0.487 e. The highest BCUT2D eigenvalue weighted by Gasteiger charge is 2.15. The quantitative estimate of drug-likeness (QED) is 0.608. The van der Waals surface area contributed by atoms with Gasteiger partial charge in [0.25, 0.3) is 5.91 Å². The molecule has 28 heavy (non-hydrogen) atoms. The minimum Gasteiger partial charge on any atom is -0.487 e. The molecule has 0 spiro atoms. The second-order valence-electron chi connectivity index (χ2n) is 5.88. The van der Waals surface area contributed by atoms with Gasteiger partial charge in [-0.05, 0) is 36.4 Å². The molecule has 0 radical (unpaired) electrons. The van der Waals surface area contributed by atoms with Crippen LogP contribution in [0.4, 0.5) is 5.69 Å². The van der Waals surface area contributed by atoms with E-state index in [9.17, 15) is 9.00 Å². The lowest BCUT2D eigenvalue weighted by molar-refractivity contribution is 0.102. The molecule has 144 valence electrons. The molecule has 1 aromatic heterocycles. The highest BCUT2D eigenvalue weighted by Crippen LogP contribution is 2.29. The lowest BCUT2D eigenvalue weighted by atomic mass is 10.2. The fraction of sp³-hybridized carbons (Fsp3) is 0.143. The highest BCUT2D eigenvalue weighted by molar-refractivity contribution is 7.85. The van der Waals surface area contributed by atoms with E-state index in [2.05, 4.69) is 10.3 Å². The summed E-state index contributed by atoms with van der Waals surface area (Å²) in [5, 5.41) is 3.18. The maximum absolute atomic E-state index is 12.6. The summed E-state index contributed by atoms with van der Waals surface area (Å²) < 4.78 is 17.9. The van der Waals surface area contributed by atoms with Crippen molar-refractivity contribution in [1.29, 1.82) is 0 Å². The normalized spacial score (nSPS) is 11.6. The van der Waals surface area contributed by atoms with E-state index >= 15 is 0 Å². The van der Waals surface area contributed by atoms with Crippen LogP contribution in [0.3, 0.4) is 0 Å². The van der Waals surface area contributed by atoms with Gasteiger partial charge in [-0.15, -0.1) is 0 Å². The van der Waals surface area contributed by atoms with Crippen molar-refractivity contribution in [3.8, 4) is 5.75 Å². The van der Waals surface area contributed by atoms with Crippen molar-refractivity contribution in [2.45, 2.75) is 18.4 Å². The minimum absolute atomic E-state index is 0.336. The number of amides is 1. The Hall–Kier alpha value is -2.70. The van der Waals surface area contributed by atoms with Crippen LogP contribution >= 0.6 is 11.6 Å². The zero-order valence-corrected chi connectivity index (χ0v) is 16.8. The van der Waals surface area contributed by atoms with E-state index in [0.29, 0.717) is 39.3 Å². The van der Waals surface area contributed by atoms with Gasteiger partial charge in [0.1, 0.15) is 12.4 Å². The second-order valence-corrected chi connectivity index (χ2v) is 8.00. The summed E-state index contributed by atoms with van der Waals surface area (Å²) in [7, 11) is -1.22. The first-order valence-corrected chi connectivity index (χ1v) is 10.4. The molecule has 1 amide bonds. The number of rotatable bonds is 7. The zero-order valence-electron chi connectivity index (χ0n) is 15.2. The molecule has 2 aromatic carbocycles. The number of carbonyl (C=O) groups excluding carboxylic acids is 1. The summed E-state index contributed by atoms with van der Waals surface area (Å²) in [5.74, 6) is 0.618. The molecule has 0 aliphatic rings. The Morgan fingerprint density at radius 2 is 2.00 bits per heavy atom. The van der Waals surface area contributed by atoms with Crippen molar-refractivity contribution in [2.75, 3.05) is 11.1 Å². The molecule has 0 saturated heterocycles. The standard InChI is InChI=1S/C21H19ClN2O3S/c1-2-28(26)20-8-4-3-7-17(20)21(25)24-16-9-10-19(18(22)12-16)27-14-15-6-5-11-23-13-15/h3-13H,2,14H2,1H3,(H,24,25). The van der Waals surface area contributed by atoms with E-state index in [-0.39, 0.29) is 5.91 Å². The maximum atomic E-state index is 12.6. The SMILES string of the molecule is CCS(=O)c1ccccc1C(=O)Nc1ccc(OCc2cccnc2)c(Cl)c1. The van der Waals surface area contributed by atoms with Gasteiger partial charge >= 0.3 is 0 Å². The average Bonchev–Trinajstić information content (AvgIpc) is 2.73. The van der Waals surface area contributed by atoms with E-state index < -0.39 is 10.8 Å². The summed E-state index contributed by atoms with van der Waals surface area (Å²) >= 11 is 6.29. The number of hydrogen-bond acceptors (Lipinski definition) is 4. The number of pyridine rings is 1. The van der Waals surface area contributed by atoms with Gasteiger partial charge in [0.15, 0.2) is 0 Å². The molecule has 0 bridgehead atoms. The summed E-state index contributed by atoms with van der Waals surface area (Å²) in [6, 6.07) is 15.7. The molecule has 0 fully saturated rings.